The molecular formula is C24H19BrN6. The van der Waals surface area contributed by atoms with E-state index in [1.54, 1.807) is 23.5 Å². The summed E-state index contributed by atoms with van der Waals surface area (Å²) >= 11 is 3.54. The highest BCUT2D eigenvalue weighted by atomic mass is 79.9. The summed E-state index contributed by atoms with van der Waals surface area (Å²) in [7, 11) is 0. The molecule has 0 saturated heterocycles. The standard InChI is InChI=1S/C24H19BrN6/c25-21-10-8-20(9-11-21)24-14-23(19-4-2-1-3-5-19)29-31(24)22-12-6-18(7-13-22)15-28-30-16-26-27-17-30/h1-13,15-17,24H,14H2/b28-15-. The quantitative estimate of drug-likeness (QED) is 0.372. The average molecular weight is 471 g/mol. The van der Waals surface area contributed by atoms with Crippen LogP contribution in [0.25, 0.3) is 0 Å². The van der Waals surface area contributed by atoms with Crippen molar-refractivity contribution in [2.75, 3.05) is 5.01 Å². The summed E-state index contributed by atoms with van der Waals surface area (Å²) in [4.78, 5) is 0. The van der Waals surface area contributed by atoms with Crippen molar-refractivity contribution >= 4 is 33.5 Å². The smallest absolute Gasteiger partial charge is 0.141 e. The van der Waals surface area contributed by atoms with Crippen LogP contribution in [0.15, 0.2) is 106 Å². The predicted molar refractivity (Wildman–Crippen MR) is 126 cm³/mol. The van der Waals surface area contributed by atoms with Gasteiger partial charge in [-0.1, -0.05) is 70.5 Å². The van der Waals surface area contributed by atoms with Crippen LogP contribution in [-0.4, -0.2) is 26.8 Å². The molecule has 1 aliphatic heterocycles. The van der Waals surface area contributed by atoms with Gasteiger partial charge in [-0.2, -0.15) is 10.2 Å². The topological polar surface area (TPSA) is 58.7 Å². The maximum atomic E-state index is 5.01. The van der Waals surface area contributed by atoms with Crippen LogP contribution in [0.3, 0.4) is 0 Å². The van der Waals surface area contributed by atoms with Gasteiger partial charge in [-0.25, -0.2) is 4.68 Å². The van der Waals surface area contributed by atoms with Crippen molar-refractivity contribution in [3.05, 3.63) is 113 Å². The third-order valence-electron chi connectivity index (χ3n) is 5.18. The lowest BCUT2D eigenvalue weighted by Gasteiger charge is -2.24. The molecule has 7 heteroatoms. The van der Waals surface area contributed by atoms with Crippen LogP contribution >= 0.6 is 15.9 Å². The van der Waals surface area contributed by atoms with E-state index in [1.807, 2.05) is 18.2 Å². The van der Waals surface area contributed by atoms with E-state index in [0.29, 0.717) is 0 Å². The Morgan fingerprint density at radius 2 is 1.58 bits per heavy atom. The van der Waals surface area contributed by atoms with Crippen LogP contribution in [0.4, 0.5) is 5.69 Å². The Labute approximate surface area is 188 Å². The minimum Gasteiger partial charge on any atom is -0.257 e. The molecule has 2 heterocycles. The normalized spacial score (nSPS) is 16.1. The third-order valence-corrected chi connectivity index (χ3v) is 5.71. The molecule has 1 atom stereocenters. The lowest BCUT2D eigenvalue weighted by atomic mass is 9.98. The van der Waals surface area contributed by atoms with Gasteiger partial charge in [0.25, 0.3) is 0 Å². The maximum Gasteiger partial charge on any atom is 0.141 e. The lowest BCUT2D eigenvalue weighted by molar-refractivity contribution is 0.709. The Morgan fingerprint density at radius 1 is 0.871 bits per heavy atom. The molecule has 4 aromatic rings. The monoisotopic (exact) mass is 470 g/mol. The van der Waals surface area contributed by atoms with E-state index in [9.17, 15) is 0 Å². The molecule has 6 nitrogen and oxygen atoms in total. The SMILES string of the molecule is Brc1ccc(C2CC(c3ccccc3)=NN2c2ccc(/C=N\n3cnnc3)cc2)cc1. The van der Waals surface area contributed by atoms with Gasteiger partial charge in [0.1, 0.15) is 12.7 Å². The fraction of sp³-hybridized carbons (Fsp3) is 0.0833. The van der Waals surface area contributed by atoms with Crippen molar-refractivity contribution in [2.45, 2.75) is 12.5 Å². The van der Waals surface area contributed by atoms with Crippen LogP contribution in [0.2, 0.25) is 0 Å². The van der Waals surface area contributed by atoms with E-state index < -0.39 is 0 Å². The number of rotatable bonds is 5. The van der Waals surface area contributed by atoms with E-state index >= 15 is 0 Å². The predicted octanol–water partition coefficient (Wildman–Crippen LogP) is 5.28. The second kappa shape index (κ2) is 8.65. The minimum atomic E-state index is 0.139. The van der Waals surface area contributed by atoms with Crippen molar-refractivity contribution in [3.8, 4) is 0 Å². The van der Waals surface area contributed by atoms with Gasteiger partial charge in [-0.15, -0.1) is 10.2 Å². The van der Waals surface area contributed by atoms with Gasteiger partial charge in [-0.05, 0) is 41.0 Å². The molecule has 0 N–H and O–H groups in total. The van der Waals surface area contributed by atoms with Gasteiger partial charge >= 0.3 is 0 Å². The number of aromatic nitrogens is 3. The first-order valence-electron chi connectivity index (χ1n) is 9.93. The molecule has 3 aromatic carbocycles. The molecular weight excluding hydrogens is 452 g/mol. The average Bonchev–Trinajstić information content (AvgIpc) is 3.50. The highest BCUT2D eigenvalue weighted by Gasteiger charge is 2.29. The van der Waals surface area contributed by atoms with Gasteiger partial charge in [0.05, 0.1) is 23.7 Å². The van der Waals surface area contributed by atoms with Gasteiger partial charge in [0.2, 0.25) is 0 Å². The molecule has 0 saturated carbocycles. The van der Waals surface area contributed by atoms with E-state index in [1.165, 1.54) is 5.56 Å². The first-order valence-corrected chi connectivity index (χ1v) is 10.7. The van der Waals surface area contributed by atoms with Crippen molar-refractivity contribution in [1.82, 2.24) is 14.9 Å². The molecule has 0 radical (unpaired) electrons. The molecule has 1 unspecified atom stereocenters. The van der Waals surface area contributed by atoms with Crippen LogP contribution in [-0.2, 0) is 0 Å². The van der Waals surface area contributed by atoms with Crippen LogP contribution < -0.4 is 5.01 Å². The van der Waals surface area contributed by atoms with Crippen LogP contribution in [0.1, 0.15) is 29.2 Å². The zero-order valence-electron chi connectivity index (χ0n) is 16.6. The molecule has 0 aliphatic carbocycles. The number of hydrazone groups is 1. The Morgan fingerprint density at radius 3 is 2.29 bits per heavy atom. The molecule has 0 fully saturated rings. The van der Waals surface area contributed by atoms with Crippen LogP contribution in [0, 0.1) is 0 Å². The second-order valence-electron chi connectivity index (χ2n) is 7.21. The zero-order chi connectivity index (χ0) is 21.0. The van der Waals surface area contributed by atoms with Gasteiger partial charge < -0.3 is 0 Å². The summed E-state index contributed by atoms with van der Waals surface area (Å²) < 4.78 is 2.63. The van der Waals surface area contributed by atoms with E-state index in [2.05, 4.69) is 96.9 Å². The summed E-state index contributed by atoms with van der Waals surface area (Å²) in [5.74, 6) is 0. The fourth-order valence-corrected chi connectivity index (χ4v) is 3.86. The fourth-order valence-electron chi connectivity index (χ4n) is 3.60. The second-order valence-corrected chi connectivity index (χ2v) is 8.12. The Balaban J connectivity index is 1.45. The van der Waals surface area contributed by atoms with E-state index in [0.717, 1.165) is 33.4 Å². The largest absolute Gasteiger partial charge is 0.257 e. The highest BCUT2D eigenvalue weighted by molar-refractivity contribution is 9.10. The van der Waals surface area contributed by atoms with Crippen molar-refractivity contribution in [1.29, 1.82) is 0 Å². The Bertz CT molecular complexity index is 1200. The van der Waals surface area contributed by atoms with Gasteiger partial charge in [0, 0.05) is 10.9 Å². The number of hydrogen-bond acceptors (Lipinski definition) is 5. The molecule has 152 valence electrons. The van der Waals surface area contributed by atoms with Crippen molar-refractivity contribution in [3.63, 3.8) is 0 Å². The van der Waals surface area contributed by atoms with E-state index in [4.69, 9.17) is 5.10 Å². The number of benzene rings is 3. The first kappa shape index (κ1) is 19.4. The van der Waals surface area contributed by atoms with Crippen molar-refractivity contribution in [2.24, 2.45) is 10.2 Å². The lowest BCUT2D eigenvalue weighted by Crippen LogP contribution is -2.18. The third kappa shape index (κ3) is 4.32. The summed E-state index contributed by atoms with van der Waals surface area (Å²) in [5, 5.41) is 18.9. The zero-order valence-corrected chi connectivity index (χ0v) is 18.2. The molecule has 31 heavy (non-hydrogen) atoms. The number of halogens is 1. The Kier molecular flexibility index (Phi) is 5.41. The number of hydrogen-bond donors (Lipinski definition) is 0. The van der Waals surface area contributed by atoms with Gasteiger partial charge in [0.15, 0.2) is 0 Å². The molecule has 0 amide bonds. The molecule has 0 bridgehead atoms. The number of nitrogens with zero attached hydrogens (tertiary/aromatic N) is 6. The first-order chi connectivity index (χ1) is 15.3. The summed E-state index contributed by atoms with van der Waals surface area (Å²) in [5.41, 5.74) is 5.51. The molecule has 5 rings (SSSR count). The van der Waals surface area contributed by atoms with E-state index in [-0.39, 0.29) is 6.04 Å². The molecule has 1 aromatic heterocycles. The van der Waals surface area contributed by atoms with Crippen molar-refractivity contribution < 1.29 is 0 Å². The highest BCUT2D eigenvalue weighted by Crippen LogP contribution is 2.37. The Hall–Kier alpha value is -3.58. The minimum absolute atomic E-state index is 0.139. The number of anilines is 1. The van der Waals surface area contributed by atoms with Crippen LogP contribution in [0.5, 0.6) is 0 Å². The molecule has 0 spiro atoms. The maximum absolute atomic E-state index is 5.01. The molecule has 1 aliphatic rings. The summed E-state index contributed by atoms with van der Waals surface area (Å²) in [6.45, 7) is 0. The summed E-state index contributed by atoms with van der Waals surface area (Å²) in [6.07, 6.45) is 5.74. The summed E-state index contributed by atoms with van der Waals surface area (Å²) in [6, 6.07) is 27.2. The van der Waals surface area contributed by atoms with Gasteiger partial charge in [-0.3, -0.25) is 5.01 Å².